The molecule has 0 aliphatic carbocycles. The summed E-state index contributed by atoms with van der Waals surface area (Å²) in [4.78, 5) is 11.9. The molecule has 6 atom stereocenters. The Bertz CT molecular complexity index is 1410. The van der Waals surface area contributed by atoms with Crippen LogP contribution in [-0.2, 0) is 37.0 Å². The van der Waals surface area contributed by atoms with E-state index in [-0.39, 0.29) is 36.5 Å². The van der Waals surface area contributed by atoms with Gasteiger partial charge in [0.05, 0.1) is 51.8 Å². The molecule has 0 bridgehead atoms. The minimum Gasteiger partial charge on any atom is -0.497 e. The maximum absolute atomic E-state index is 11.9. The van der Waals surface area contributed by atoms with E-state index in [4.69, 9.17) is 28.4 Å². The molecule has 2 aromatic carbocycles. The molecule has 1 saturated heterocycles. The Labute approximate surface area is 359 Å². The van der Waals surface area contributed by atoms with E-state index < -0.39 is 0 Å². The first-order valence-corrected chi connectivity index (χ1v) is 23.9. The number of unbranched alkanes of at least 4 members (excludes halogenated alkanes) is 16. The molecule has 59 heavy (non-hydrogen) atoms. The standard InChI is InChI=1S/C52H82O7/c1-6-7-8-9-10-11-12-16-19-22-25-48(56-39-43-27-31-46(54-4)32-28-43)50-35-36-51(59-50)49(57-40-44-29-33-47(55-5)34-30-44)26-23-20-17-14-13-15-18-21-24-41(2)37-45-38-42(3)58-52(45)53/h27-34,38,41-42,48-51H,6-26,35-37,39-40H2,1-5H3/t41?,42?,48?,49-,50?,51-/m1/s1. The minimum atomic E-state index is -0.117. The van der Waals surface area contributed by atoms with Crippen molar-refractivity contribution in [2.45, 2.75) is 219 Å². The Morgan fingerprint density at radius 1 is 0.593 bits per heavy atom. The summed E-state index contributed by atoms with van der Waals surface area (Å²) in [5.74, 6) is 2.15. The smallest absolute Gasteiger partial charge is 0.334 e. The molecule has 332 valence electrons. The zero-order valence-corrected chi connectivity index (χ0v) is 37.9. The summed E-state index contributed by atoms with van der Waals surface area (Å²) in [6.07, 6.45) is 31.7. The van der Waals surface area contributed by atoms with Gasteiger partial charge in [0.25, 0.3) is 0 Å². The van der Waals surface area contributed by atoms with Crippen LogP contribution in [-0.4, -0.2) is 50.7 Å². The Kier molecular flexibility index (Phi) is 24.3. The number of ether oxygens (including phenoxy) is 6. The number of carbonyl (C=O) groups is 1. The van der Waals surface area contributed by atoms with E-state index in [1.54, 1.807) is 14.2 Å². The van der Waals surface area contributed by atoms with Crippen molar-refractivity contribution in [3.05, 3.63) is 71.3 Å². The summed E-state index contributed by atoms with van der Waals surface area (Å²) >= 11 is 0. The molecule has 2 aliphatic rings. The zero-order chi connectivity index (χ0) is 41.9. The maximum Gasteiger partial charge on any atom is 0.334 e. The van der Waals surface area contributed by atoms with Gasteiger partial charge in [-0.15, -0.1) is 0 Å². The van der Waals surface area contributed by atoms with Crippen LogP contribution in [0.3, 0.4) is 0 Å². The van der Waals surface area contributed by atoms with Crippen molar-refractivity contribution in [1.82, 2.24) is 0 Å². The van der Waals surface area contributed by atoms with E-state index in [0.29, 0.717) is 19.1 Å². The van der Waals surface area contributed by atoms with Gasteiger partial charge in [0, 0.05) is 5.57 Å². The Morgan fingerprint density at radius 2 is 1.00 bits per heavy atom. The second-order valence-corrected chi connectivity index (χ2v) is 17.7. The molecule has 0 amide bonds. The van der Waals surface area contributed by atoms with Crippen molar-refractivity contribution in [3.8, 4) is 11.5 Å². The summed E-state index contributed by atoms with van der Waals surface area (Å²) in [7, 11) is 3.42. The Balaban J connectivity index is 1.22. The van der Waals surface area contributed by atoms with E-state index in [0.717, 1.165) is 61.2 Å². The number of hydrogen-bond acceptors (Lipinski definition) is 7. The molecule has 1 fully saturated rings. The van der Waals surface area contributed by atoms with Crippen molar-refractivity contribution in [1.29, 1.82) is 0 Å². The van der Waals surface area contributed by atoms with E-state index >= 15 is 0 Å². The van der Waals surface area contributed by atoms with Gasteiger partial charge in [-0.3, -0.25) is 0 Å². The van der Waals surface area contributed by atoms with Crippen molar-refractivity contribution in [2.75, 3.05) is 14.2 Å². The van der Waals surface area contributed by atoms with Crippen molar-refractivity contribution in [2.24, 2.45) is 5.92 Å². The predicted molar refractivity (Wildman–Crippen MR) is 241 cm³/mol. The highest BCUT2D eigenvalue weighted by Gasteiger charge is 2.36. The monoisotopic (exact) mass is 819 g/mol. The number of rotatable bonds is 34. The zero-order valence-electron chi connectivity index (χ0n) is 37.9. The average Bonchev–Trinajstić information content (AvgIpc) is 3.86. The number of hydrogen-bond donors (Lipinski definition) is 0. The lowest BCUT2D eigenvalue weighted by molar-refractivity contribution is -0.139. The highest BCUT2D eigenvalue weighted by Crippen LogP contribution is 2.32. The van der Waals surface area contributed by atoms with Crippen LogP contribution in [0.1, 0.15) is 186 Å². The Hall–Kier alpha value is -2.87. The third-order valence-electron chi connectivity index (χ3n) is 12.5. The van der Waals surface area contributed by atoms with Crippen LogP contribution in [0.15, 0.2) is 60.2 Å². The first-order valence-electron chi connectivity index (χ1n) is 23.9. The van der Waals surface area contributed by atoms with Gasteiger partial charge >= 0.3 is 5.97 Å². The van der Waals surface area contributed by atoms with Crippen LogP contribution in [0.4, 0.5) is 0 Å². The maximum atomic E-state index is 11.9. The molecule has 7 heteroatoms. The van der Waals surface area contributed by atoms with Gasteiger partial charge in [-0.25, -0.2) is 4.79 Å². The van der Waals surface area contributed by atoms with Gasteiger partial charge in [0.15, 0.2) is 0 Å². The summed E-state index contributed by atoms with van der Waals surface area (Å²) in [6, 6.07) is 16.5. The van der Waals surface area contributed by atoms with Crippen LogP contribution >= 0.6 is 0 Å². The van der Waals surface area contributed by atoms with Gasteiger partial charge in [0.2, 0.25) is 0 Å². The van der Waals surface area contributed by atoms with E-state index in [1.165, 1.54) is 121 Å². The lowest BCUT2D eigenvalue weighted by Crippen LogP contribution is -2.34. The molecule has 2 heterocycles. The van der Waals surface area contributed by atoms with Crippen LogP contribution < -0.4 is 9.47 Å². The third kappa shape index (κ3) is 19.6. The van der Waals surface area contributed by atoms with Gasteiger partial charge in [-0.05, 0) is 86.4 Å². The molecule has 0 saturated carbocycles. The minimum absolute atomic E-state index is 0.0636. The Morgan fingerprint density at radius 3 is 1.39 bits per heavy atom. The van der Waals surface area contributed by atoms with Crippen LogP contribution in [0.2, 0.25) is 0 Å². The fourth-order valence-electron chi connectivity index (χ4n) is 8.83. The predicted octanol–water partition coefficient (Wildman–Crippen LogP) is 13.8. The normalized spacial score (nSPS) is 19.4. The first-order chi connectivity index (χ1) is 28.9. The second kappa shape index (κ2) is 29.4. The number of methoxy groups -OCH3 is 2. The molecule has 0 radical (unpaired) electrons. The SMILES string of the molecule is CCCCCCCCCCCCC(OCc1ccc(OC)cc1)C1CC[C@H]([C@@H](CCCCCCCCCCC(C)CC2=CC(C)OC2=O)OCc2ccc(OC)cc2)O1. The highest BCUT2D eigenvalue weighted by atomic mass is 16.6. The molecule has 0 spiro atoms. The lowest BCUT2D eigenvalue weighted by Gasteiger charge is -2.28. The molecule has 4 unspecified atom stereocenters. The second-order valence-electron chi connectivity index (χ2n) is 17.7. The average molecular weight is 819 g/mol. The fourth-order valence-corrected chi connectivity index (χ4v) is 8.83. The van der Waals surface area contributed by atoms with Crippen LogP contribution in [0.5, 0.6) is 11.5 Å². The van der Waals surface area contributed by atoms with Gasteiger partial charge < -0.3 is 28.4 Å². The molecular formula is C52H82O7. The number of esters is 1. The summed E-state index contributed by atoms with van der Waals surface area (Å²) in [5, 5.41) is 0. The molecule has 0 N–H and O–H groups in total. The lowest BCUT2D eigenvalue weighted by atomic mass is 9.95. The third-order valence-corrected chi connectivity index (χ3v) is 12.5. The number of carbonyl (C=O) groups excluding carboxylic acids is 1. The van der Waals surface area contributed by atoms with Crippen LogP contribution in [0, 0.1) is 5.92 Å². The fraction of sp³-hybridized carbons (Fsp3) is 0.712. The number of cyclic esters (lactones) is 1. The van der Waals surface area contributed by atoms with Crippen molar-refractivity contribution in [3.63, 3.8) is 0 Å². The molecule has 0 aromatic heterocycles. The number of benzene rings is 2. The van der Waals surface area contributed by atoms with Gasteiger partial charge in [0.1, 0.15) is 17.6 Å². The molecule has 2 aliphatic heterocycles. The molecule has 2 aromatic rings. The first kappa shape index (κ1) is 48.8. The highest BCUT2D eigenvalue weighted by molar-refractivity contribution is 5.90. The summed E-state index contributed by atoms with van der Waals surface area (Å²) in [5.41, 5.74) is 3.20. The quantitative estimate of drug-likeness (QED) is 0.0514. The largest absolute Gasteiger partial charge is 0.497 e. The van der Waals surface area contributed by atoms with E-state index in [9.17, 15) is 4.79 Å². The molecule has 4 rings (SSSR count). The van der Waals surface area contributed by atoms with Crippen molar-refractivity contribution >= 4 is 5.97 Å². The van der Waals surface area contributed by atoms with Gasteiger partial charge in [-0.2, -0.15) is 0 Å². The van der Waals surface area contributed by atoms with Crippen LogP contribution in [0.25, 0.3) is 0 Å². The molecule has 7 nitrogen and oxygen atoms in total. The van der Waals surface area contributed by atoms with Crippen molar-refractivity contribution < 1.29 is 33.2 Å². The van der Waals surface area contributed by atoms with Gasteiger partial charge in [-0.1, -0.05) is 160 Å². The summed E-state index contributed by atoms with van der Waals surface area (Å²) < 4.78 is 36.4. The van der Waals surface area contributed by atoms with E-state index in [1.807, 2.05) is 37.3 Å². The topological polar surface area (TPSA) is 72.5 Å². The molecular weight excluding hydrogens is 737 g/mol. The summed E-state index contributed by atoms with van der Waals surface area (Å²) in [6.45, 7) is 7.65. The van der Waals surface area contributed by atoms with E-state index in [2.05, 4.69) is 38.1 Å².